The normalized spacial score (nSPS) is 10.4. The molecule has 0 amide bonds. The Hall–Kier alpha value is -1.94. The first kappa shape index (κ1) is 11.5. The molecule has 2 N–H and O–H groups in total. The van der Waals surface area contributed by atoms with Crippen LogP contribution in [0.15, 0.2) is 41.2 Å². The summed E-state index contributed by atoms with van der Waals surface area (Å²) in [6.07, 6.45) is 0. The summed E-state index contributed by atoms with van der Waals surface area (Å²) in [7, 11) is 0. The van der Waals surface area contributed by atoms with E-state index in [0.29, 0.717) is 12.1 Å². The molecule has 2 rings (SSSR count). The number of aromatic nitrogens is 2. The van der Waals surface area contributed by atoms with Gasteiger partial charge in [0.1, 0.15) is 0 Å². The standard InChI is InChI=1S/C13H15N3O/c1-2-14-9-11-8-12(15-16-13(11)17)10-6-4-3-5-7-10/h3-8,14H,2,9H2,1H3,(H,16,17). The molecule has 88 valence electrons. The van der Waals surface area contributed by atoms with Crippen molar-refractivity contribution in [2.24, 2.45) is 0 Å². The van der Waals surface area contributed by atoms with Crippen molar-refractivity contribution in [1.29, 1.82) is 0 Å². The van der Waals surface area contributed by atoms with Crippen LogP contribution >= 0.6 is 0 Å². The van der Waals surface area contributed by atoms with Crippen molar-refractivity contribution < 1.29 is 0 Å². The lowest BCUT2D eigenvalue weighted by Gasteiger charge is -2.04. The average Bonchev–Trinajstić information content (AvgIpc) is 2.39. The highest BCUT2D eigenvalue weighted by molar-refractivity contribution is 5.58. The van der Waals surface area contributed by atoms with Crippen molar-refractivity contribution in [3.63, 3.8) is 0 Å². The van der Waals surface area contributed by atoms with E-state index in [0.717, 1.165) is 17.8 Å². The van der Waals surface area contributed by atoms with E-state index < -0.39 is 0 Å². The van der Waals surface area contributed by atoms with Gasteiger partial charge in [-0.1, -0.05) is 37.3 Å². The number of hydrogen-bond donors (Lipinski definition) is 2. The molecule has 2 aromatic rings. The fraction of sp³-hybridized carbons (Fsp3) is 0.231. The van der Waals surface area contributed by atoms with Crippen LogP contribution in [-0.2, 0) is 6.54 Å². The molecule has 0 spiro atoms. The first-order valence-electron chi connectivity index (χ1n) is 5.66. The zero-order chi connectivity index (χ0) is 12.1. The van der Waals surface area contributed by atoms with Crippen LogP contribution in [0.5, 0.6) is 0 Å². The molecule has 4 nitrogen and oxygen atoms in total. The number of aromatic amines is 1. The molecular formula is C13H15N3O. The average molecular weight is 229 g/mol. The molecule has 0 aliphatic rings. The zero-order valence-corrected chi connectivity index (χ0v) is 9.73. The summed E-state index contributed by atoms with van der Waals surface area (Å²) in [6.45, 7) is 3.41. The number of H-pyrrole nitrogens is 1. The Labute approximate surface area is 99.7 Å². The minimum Gasteiger partial charge on any atom is -0.313 e. The predicted molar refractivity (Wildman–Crippen MR) is 67.7 cm³/mol. The van der Waals surface area contributed by atoms with Crippen molar-refractivity contribution in [1.82, 2.24) is 15.5 Å². The van der Waals surface area contributed by atoms with E-state index in [2.05, 4.69) is 15.5 Å². The smallest absolute Gasteiger partial charge is 0.268 e. The predicted octanol–water partition coefficient (Wildman–Crippen LogP) is 1.55. The third kappa shape index (κ3) is 2.79. The molecule has 1 aromatic carbocycles. The molecule has 17 heavy (non-hydrogen) atoms. The maximum atomic E-state index is 11.6. The summed E-state index contributed by atoms with van der Waals surface area (Å²) in [5.41, 5.74) is 2.37. The van der Waals surface area contributed by atoms with Crippen LogP contribution in [-0.4, -0.2) is 16.7 Å². The Kier molecular flexibility index (Phi) is 3.67. The fourth-order valence-electron chi connectivity index (χ4n) is 1.59. The van der Waals surface area contributed by atoms with E-state index in [1.807, 2.05) is 43.3 Å². The van der Waals surface area contributed by atoms with Crippen molar-refractivity contribution in [2.45, 2.75) is 13.5 Å². The third-order valence-electron chi connectivity index (χ3n) is 2.52. The van der Waals surface area contributed by atoms with Gasteiger partial charge in [-0.05, 0) is 12.6 Å². The highest BCUT2D eigenvalue weighted by atomic mass is 16.1. The summed E-state index contributed by atoms with van der Waals surface area (Å²) >= 11 is 0. The van der Waals surface area contributed by atoms with Crippen LogP contribution < -0.4 is 10.9 Å². The van der Waals surface area contributed by atoms with Gasteiger partial charge in [-0.25, -0.2) is 5.10 Å². The summed E-state index contributed by atoms with van der Waals surface area (Å²) in [6, 6.07) is 11.6. The van der Waals surface area contributed by atoms with Gasteiger partial charge in [-0.3, -0.25) is 4.79 Å². The number of hydrogen-bond acceptors (Lipinski definition) is 3. The lowest BCUT2D eigenvalue weighted by molar-refractivity contribution is 0.715. The molecule has 0 saturated carbocycles. The number of benzene rings is 1. The Morgan fingerprint density at radius 1 is 1.29 bits per heavy atom. The molecule has 0 aliphatic carbocycles. The number of nitrogens with zero attached hydrogens (tertiary/aromatic N) is 1. The zero-order valence-electron chi connectivity index (χ0n) is 9.73. The molecule has 0 fully saturated rings. The van der Waals surface area contributed by atoms with Gasteiger partial charge in [0.15, 0.2) is 0 Å². The summed E-state index contributed by atoms with van der Waals surface area (Å²) in [4.78, 5) is 11.6. The molecule has 0 atom stereocenters. The molecule has 1 aromatic heterocycles. The molecule has 0 unspecified atom stereocenters. The van der Waals surface area contributed by atoms with Gasteiger partial charge in [0.05, 0.1) is 5.69 Å². The van der Waals surface area contributed by atoms with Crippen molar-refractivity contribution in [2.75, 3.05) is 6.54 Å². The highest BCUT2D eigenvalue weighted by Crippen LogP contribution is 2.14. The lowest BCUT2D eigenvalue weighted by atomic mass is 10.1. The van der Waals surface area contributed by atoms with Crippen LogP contribution in [0.3, 0.4) is 0 Å². The van der Waals surface area contributed by atoms with E-state index in [4.69, 9.17) is 0 Å². The largest absolute Gasteiger partial charge is 0.313 e. The van der Waals surface area contributed by atoms with Crippen LogP contribution in [0.4, 0.5) is 0 Å². The first-order chi connectivity index (χ1) is 8.31. The molecular weight excluding hydrogens is 214 g/mol. The van der Waals surface area contributed by atoms with Gasteiger partial charge < -0.3 is 5.32 Å². The molecule has 0 bridgehead atoms. The fourth-order valence-corrected chi connectivity index (χ4v) is 1.59. The SMILES string of the molecule is CCNCc1cc(-c2ccccc2)n[nH]c1=O. The van der Waals surface area contributed by atoms with Crippen LogP contribution in [0.25, 0.3) is 11.3 Å². The Bertz CT molecular complexity index is 534. The van der Waals surface area contributed by atoms with E-state index in [1.54, 1.807) is 0 Å². The van der Waals surface area contributed by atoms with Gasteiger partial charge in [0.25, 0.3) is 5.56 Å². The van der Waals surface area contributed by atoms with Gasteiger partial charge in [0, 0.05) is 17.7 Å². The van der Waals surface area contributed by atoms with Crippen LogP contribution in [0, 0.1) is 0 Å². The minimum absolute atomic E-state index is 0.134. The Morgan fingerprint density at radius 2 is 2.06 bits per heavy atom. The monoisotopic (exact) mass is 229 g/mol. The maximum Gasteiger partial charge on any atom is 0.268 e. The van der Waals surface area contributed by atoms with E-state index in [-0.39, 0.29) is 5.56 Å². The summed E-state index contributed by atoms with van der Waals surface area (Å²) in [5, 5.41) is 9.72. The van der Waals surface area contributed by atoms with E-state index in [1.165, 1.54) is 0 Å². The first-order valence-corrected chi connectivity index (χ1v) is 5.66. The van der Waals surface area contributed by atoms with Gasteiger partial charge in [-0.2, -0.15) is 5.10 Å². The Balaban J connectivity index is 2.34. The number of nitrogens with one attached hydrogen (secondary N) is 2. The van der Waals surface area contributed by atoms with Crippen molar-refractivity contribution >= 4 is 0 Å². The maximum absolute atomic E-state index is 11.6. The second-order valence-electron chi connectivity index (χ2n) is 3.75. The van der Waals surface area contributed by atoms with Gasteiger partial charge in [-0.15, -0.1) is 0 Å². The van der Waals surface area contributed by atoms with Crippen molar-refractivity contribution in [3.05, 3.63) is 52.3 Å². The van der Waals surface area contributed by atoms with Crippen LogP contribution in [0.1, 0.15) is 12.5 Å². The summed E-state index contributed by atoms with van der Waals surface area (Å²) in [5.74, 6) is 0. The Morgan fingerprint density at radius 3 is 2.76 bits per heavy atom. The van der Waals surface area contributed by atoms with Crippen LogP contribution in [0.2, 0.25) is 0 Å². The van der Waals surface area contributed by atoms with Gasteiger partial charge in [0.2, 0.25) is 0 Å². The van der Waals surface area contributed by atoms with E-state index >= 15 is 0 Å². The molecule has 4 heteroatoms. The van der Waals surface area contributed by atoms with Crippen molar-refractivity contribution in [3.8, 4) is 11.3 Å². The molecule has 1 heterocycles. The third-order valence-corrected chi connectivity index (χ3v) is 2.52. The quantitative estimate of drug-likeness (QED) is 0.836. The van der Waals surface area contributed by atoms with E-state index in [9.17, 15) is 4.79 Å². The second-order valence-corrected chi connectivity index (χ2v) is 3.75. The van der Waals surface area contributed by atoms with Gasteiger partial charge >= 0.3 is 0 Å². The topological polar surface area (TPSA) is 57.8 Å². The minimum atomic E-state index is -0.134. The number of rotatable bonds is 4. The molecule has 0 radical (unpaired) electrons. The second kappa shape index (κ2) is 5.41. The highest BCUT2D eigenvalue weighted by Gasteiger charge is 2.04. The molecule has 0 saturated heterocycles. The lowest BCUT2D eigenvalue weighted by Crippen LogP contribution is -2.21. The summed E-state index contributed by atoms with van der Waals surface area (Å²) < 4.78 is 0. The molecule has 0 aliphatic heterocycles.